The van der Waals surface area contributed by atoms with Gasteiger partial charge in [0.2, 0.25) is 17.7 Å². The monoisotopic (exact) mass is 478 g/mol. The van der Waals surface area contributed by atoms with Crippen LogP contribution in [0.25, 0.3) is 0 Å². The van der Waals surface area contributed by atoms with E-state index in [2.05, 4.69) is 21.3 Å². The third-order valence-corrected chi connectivity index (χ3v) is 5.17. The number of hydrogen-bond acceptors (Lipinski definition) is 5. The van der Waals surface area contributed by atoms with E-state index in [4.69, 9.17) is 0 Å². The van der Waals surface area contributed by atoms with Crippen LogP contribution in [-0.4, -0.2) is 56.7 Å². The second-order valence-electron chi connectivity index (χ2n) is 8.49. The molecule has 8 heteroatoms. The average molecular weight is 479 g/mol. The molecule has 194 valence electrons. The lowest BCUT2D eigenvalue weighted by atomic mass is 10.1. The molecular weight excluding hydrogens is 432 g/mol. The first-order valence-corrected chi connectivity index (χ1v) is 12.8. The molecule has 0 bridgehead atoms. The number of hydrogen-bond donors (Lipinski definition) is 4. The highest BCUT2D eigenvalue weighted by atomic mass is 16.2. The summed E-state index contributed by atoms with van der Waals surface area (Å²) >= 11 is 0. The number of unbranched alkanes of at least 4 members (excludes halogenated alkanes) is 7. The minimum absolute atomic E-state index is 0.0462. The fraction of sp³-hybridized carbons (Fsp3) is 0.692. The lowest BCUT2D eigenvalue weighted by Gasteiger charge is -2.05. The minimum Gasteiger partial charge on any atom is -0.356 e. The van der Waals surface area contributed by atoms with Crippen molar-refractivity contribution in [3.63, 3.8) is 0 Å². The maximum atomic E-state index is 11.8. The Hall–Kier alpha value is -2.48. The molecule has 3 amide bonds. The number of nitrogens with one attached hydrogen (secondary N) is 4. The fourth-order valence-corrected chi connectivity index (χ4v) is 3.19. The van der Waals surface area contributed by atoms with Crippen LogP contribution in [0.4, 0.5) is 0 Å². The number of allylic oxidation sites excluding steroid dienone is 2. The first-order chi connectivity index (χ1) is 16.5. The Balaban J connectivity index is 3.56. The van der Waals surface area contributed by atoms with Crippen molar-refractivity contribution in [2.45, 2.75) is 84.0 Å². The standard InChI is InChI=1S/C26H46N4O4/c1-23(31)15-7-8-16-24(32)28-21-13-5-6-14-22-30-26(34)18-10-9-17-25(33)29-20-12-4-3-11-19-27-2/h9-10,17-18,27H,3-8,11-16,19-22H2,1-2H3,(H,28,32)(H,29,33)(H,30,34)/b17-9+,18-10+. The Morgan fingerprint density at radius 3 is 1.47 bits per heavy atom. The molecule has 34 heavy (non-hydrogen) atoms. The van der Waals surface area contributed by atoms with Crippen molar-refractivity contribution in [2.24, 2.45) is 0 Å². The van der Waals surface area contributed by atoms with E-state index in [9.17, 15) is 19.2 Å². The Morgan fingerprint density at radius 1 is 0.559 bits per heavy atom. The van der Waals surface area contributed by atoms with Gasteiger partial charge in [0.25, 0.3) is 0 Å². The molecule has 0 fully saturated rings. The van der Waals surface area contributed by atoms with Crippen LogP contribution in [0.15, 0.2) is 24.3 Å². The molecule has 8 nitrogen and oxygen atoms in total. The van der Waals surface area contributed by atoms with Crippen molar-refractivity contribution in [3.05, 3.63) is 24.3 Å². The fourth-order valence-electron chi connectivity index (χ4n) is 3.19. The summed E-state index contributed by atoms with van der Waals surface area (Å²) in [6, 6.07) is 0. The van der Waals surface area contributed by atoms with Gasteiger partial charge in [-0.2, -0.15) is 0 Å². The Kier molecular flexibility index (Phi) is 21.9. The first-order valence-electron chi connectivity index (χ1n) is 12.8. The summed E-state index contributed by atoms with van der Waals surface area (Å²) in [5.74, 6) is -0.112. The van der Waals surface area contributed by atoms with Gasteiger partial charge in [-0.15, -0.1) is 0 Å². The Bertz CT molecular complexity index is 632. The SMILES string of the molecule is CNCCCCCCNC(=O)/C=C/C=C/C(=O)NCCCCCCNC(=O)CCCCC(C)=O. The molecular formula is C26H46N4O4. The summed E-state index contributed by atoms with van der Waals surface area (Å²) < 4.78 is 0. The van der Waals surface area contributed by atoms with E-state index in [0.29, 0.717) is 32.5 Å². The predicted molar refractivity (Wildman–Crippen MR) is 137 cm³/mol. The molecule has 0 saturated heterocycles. The van der Waals surface area contributed by atoms with E-state index in [1.165, 1.54) is 12.2 Å². The summed E-state index contributed by atoms with van der Waals surface area (Å²) in [5.41, 5.74) is 0. The van der Waals surface area contributed by atoms with E-state index in [1.807, 2.05) is 7.05 Å². The molecule has 0 saturated carbocycles. The maximum Gasteiger partial charge on any atom is 0.243 e. The van der Waals surface area contributed by atoms with E-state index < -0.39 is 0 Å². The molecule has 4 N–H and O–H groups in total. The maximum absolute atomic E-state index is 11.8. The molecule has 0 spiro atoms. The number of carbonyl (C=O) groups is 4. The lowest BCUT2D eigenvalue weighted by Crippen LogP contribution is -2.24. The number of rotatable bonds is 22. The Morgan fingerprint density at radius 2 is 1.00 bits per heavy atom. The predicted octanol–water partition coefficient (Wildman–Crippen LogP) is 2.94. The number of amides is 3. The number of carbonyl (C=O) groups excluding carboxylic acids is 4. The van der Waals surface area contributed by atoms with Crippen molar-refractivity contribution in [1.29, 1.82) is 0 Å². The molecule has 0 heterocycles. The van der Waals surface area contributed by atoms with Gasteiger partial charge in [-0.1, -0.05) is 37.8 Å². The van der Waals surface area contributed by atoms with Gasteiger partial charge in [0.05, 0.1) is 0 Å². The van der Waals surface area contributed by atoms with Gasteiger partial charge >= 0.3 is 0 Å². The van der Waals surface area contributed by atoms with Crippen LogP contribution in [0, 0.1) is 0 Å². The van der Waals surface area contributed by atoms with Gasteiger partial charge in [-0.25, -0.2) is 0 Å². The van der Waals surface area contributed by atoms with Crippen LogP contribution < -0.4 is 21.3 Å². The van der Waals surface area contributed by atoms with Gasteiger partial charge in [0.1, 0.15) is 5.78 Å². The van der Waals surface area contributed by atoms with Crippen molar-refractivity contribution < 1.29 is 19.2 Å². The third-order valence-electron chi connectivity index (χ3n) is 5.17. The van der Waals surface area contributed by atoms with E-state index in [0.717, 1.165) is 70.8 Å². The summed E-state index contributed by atoms with van der Waals surface area (Å²) in [6.07, 6.45) is 16.7. The topological polar surface area (TPSA) is 116 Å². The Labute approximate surface area is 205 Å². The van der Waals surface area contributed by atoms with E-state index in [-0.39, 0.29) is 23.5 Å². The smallest absolute Gasteiger partial charge is 0.243 e. The molecule has 0 aliphatic rings. The van der Waals surface area contributed by atoms with Gasteiger partial charge in [-0.05, 0) is 59.0 Å². The first kappa shape index (κ1) is 31.5. The molecule has 0 radical (unpaired) electrons. The molecule has 0 aliphatic carbocycles. The molecule has 0 rings (SSSR count). The van der Waals surface area contributed by atoms with E-state index >= 15 is 0 Å². The highest BCUT2D eigenvalue weighted by molar-refractivity contribution is 5.89. The van der Waals surface area contributed by atoms with Crippen molar-refractivity contribution in [1.82, 2.24) is 21.3 Å². The van der Waals surface area contributed by atoms with Crippen LogP contribution in [0.1, 0.15) is 84.0 Å². The zero-order valence-electron chi connectivity index (χ0n) is 21.3. The number of Topliss-reactive ketones (excluding diaryl/α,β-unsaturated/α-hetero) is 1. The van der Waals surface area contributed by atoms with Crippen LogP contribution >= 0.6 is 0 Å². The summed E-state index contributed by atoms with van der Waals surface area (Å²) in [5, 5.41) is 11.7. The largest absolute Gasteiger partial charge is 0.356 e. The second-order valence-corrected chi connectivity index (χ2v) is 8.49. The van der Waals surface area contributed by atoms with Crippen molar-refractivity contribution in [2.75, 3.05) is 33.2 Å². The van der Waals surface area contributed by atoms with Crippen LogP contribution in [0.2, 0.25) is 0 Å². The van der Waals surface area contributed by atoms with Crippen LogP contribution in [-0.2, 0) is 19.2 Å². The molecule has 0 aromatic heterocycles. The van der Waals surface area contributed by atoms with Gasteiger partial charge in [-0.3, -0.25) is 14.4 Å². The van der Waals surface area contributed by atoms with Crippen molar-refractivity contribution >= 4 is 23.5 Å². The quantitative estimate of drug-likeness (QED) is 0.108. The van der Waals surface area contributed by atoms with Gasteiger partial charge < -0.3 is 26.1 Å². The zero-order chi connectivity index (χ0) is 25.3. The van der Waals surface area contributed by atoms with Crippen molar-refractivity contribution in [3.8, 4) is 0 Å². The van der Waals surface area contributed by atoms with Crippen LogP contribution in [0.3, 0.4) is 0 Å². The molecule has 0 aliphatic heterocycles. The molecule has 0 atom stereocenters. The van der Waals surface area contributed by atoms with Crippen LogP contribution in [0.5, 0.6) is 0 Å². The van der Waals surface area contributed by atoms with Gasteiger partial charge in [0, 0.05) is 44.6 Å². The van der Waals surface area contributed by atoms with E-state index in [1.54, 1.807) is 19.1 Å². The molecule has 0 aromatic carbocycles. The third kappa shape index (κ3) is 24.2. The average Bonchev–Trinajstić information content (AvgIpc) is 2.80. The second kappa shape index (κ2) is 23.7. The lowest BCUT2D eigenvalue weighted by molar-refractivity contribution is -0.121. The molecule has 0 unspecified atom stereocenters. The number of ketones is 1. The van der Waals surface area contributed by atoms with Gasteiger partial charge in [0.15, 0.2) is 0 Å². The highest BCUT2D eigenvalue weighted by Gasteiger charge is 2.01. The summed E-state index contributed by atoms with van der Waals surface area (Å²) in [7, 11) is 1.95. The summed E-state index contributed by atoms with van der Waals surface area (Å²) in [6.45, 7) is 4.53. The highest BCUT2D eigenvalue weighted by Crippen LogP contribution is 2.01. The minimum atomic E-state index is -0.177. The zero-order valence-corrected chi connectivity index (χ0v) is 21.3. The summed E-state index contributed by atoms with van der Waals surface area (Å²) in [4.78, 5) is 46.0. The normalized spacial score (nSPS) is 11.1. The molecule has 0 aromatic rings.